The van der Waals surface area contributed by atoms with Crippen molar-refractivity contribution in [3.05, 3.63) is 60.2 Å². The number of carbonyl (C=O) groups excluding carboxylic acids is 1. The Morgan fingerprint density at radius 1 is 1.10 bits per heavy atom. The fourth-order valence-electron chi connectivity index (χ4n) is 2.19. The van der Waals surface area contributed by atoms with E-state index in [-0.39, 0.29) is 6.03 Å². The molecular formula is C16H15N3O2. The molecule has 0 aliphatic carbocycles. The standard InChI is InChI=1S/C16H15N3O2/c1-21-14-9-7-12(8-10-14)15-11-19(16(20)18-17-15)13-5-3-2-4-6-13/h2-10H,11H2,1H3,(H,18,20). The van der Waals surface area contributed by atoms with Gasteiger partial charge in [-0.1, -0.05) is 18.2 Å². The van der Waals surface area contributed by atoms with Crippen LogP contribution in [0.4, 0.5) is 10.5 Å². The van der Waals surface area contributed by atoms with Gasteiger partial charge >= 0.3 is 6.03 Å². The average Bonchev–Trinajstić information content (AvgIpc) is 2.56. The highest BCUT2D eigenvalue weighted by Gasteiger charge is 2.22. The molecule has 2 amide bonds. The number of nitrogens with zero attached hydrogens (tertiary/aromatic N) is 2. The predicted octanol–water partition coefficient (Wildman–Crippen LogP) is 2.63. The van der Waals surface area contributed by atoms with E-state index in [0.29, 0.717) is 6.54 Å². The van der Waals surface area contributed by atoms with Crippen molar-refractivity contribution in [1.82, 2.24) is 5.43 Å². The molecular weight excluding hydrogens is 266 g/mol. The topological polar surface area (TPSA) is 53.9 Å². The van der Waals surface area contributed by atoms with Crippen LogP contribution < -0.4 is 15.1 Å². The summed E-state index contributed by atoms with van der Waals surface area (Å²) in [5.41, 5.74) is 5.16. The first-order valence-corrected chi connectivity index (χ1v) is 6.61. The van der Waals surface area contributed by atoms with Gasteiger partial charge in [-0.05, 0) is 42.0 Å². The van der Waals surface area contributed by atoms with Crippen LogP contribution in [0.1, 0.15) is 5.56 Å². The molecule has 0 fully saturated rings. The van der Waals surface area contributed by atoms with Crippen LogP contribution in [0.25, 0.3) is 0 Å². The number of hydrogen-bond acceptors (Lipinski definition) is 3. The minimum Gasteiger partial charge on any atom is -0.497 e. The molecule has 2 aromatic rings. The summed E-state index contributed by atoms with van der Waals surface area (Å²) in [5.74, 6) is 0.791. The molecule has 0 spiro atoms. The van der Waals surface area contributed by atoms with Gasteiger partial charge < -0.3 is 4.74 Å². The molecule has 1 aliphatic heterocycles. The van der Waals surface area contributed by atoms with Crippen molar-refractivity contribution in [2.45, 2.75) is 0 Å². The molecule has 1 heterocycles. The second kappa shape index (κ2) is 5.66. The molecule has 5 nitrogen and oxygen atoms in total. The minimum absolute atomic E-state index is 0.224. The van der Waals surface area contributed by atoms with Crippen molar-refractivity contribution in [1.29, 1.82) is 0 Å². The zero-order valence-corrected chi connectivity index (χ0v) is 11.6. The number of amides is 2. The Balaban J connectivity index is 1.86. The summed E-state index contributed by atoms with van der Waals surface area (Å²) in [6, 6.07) is 16.9. The molecule has 0 atom stereocenters. The monoisotopic (exact) mass is 281 g/mol. The molecule has 1 N–H and O–H groups in total. The maximum absolute atomic E-state index is 12.0. The maximum atomic E-state index is 12.0. The maximum Gasteiger partial charge on any atom is 0.342 e. The Morgan fingerprint density at radius 3 is 2.48 bits per heavy atom. The van der Waals surface area contributed by atoms with Gasteiger partial charge in [0, 0.05) is 5.69 Å². The van der Waals surface area contributed by atoms with Crippen LogP contribution in [-0.2, 0) is 0 Å². The van der Waals surface area contributed by atoms with Crippen LogP contribution in [0.5, 0.6) is 5.75 Å². The highest BCUT2D eigenvalue weighted by atomic mass is 16.5. The molecule has 3 rings (SSSR count). The molecule has 0 radical (unpaired) electrons. The summed E-state index contributed by atoms with van der Waals surface area (Å²) >= 11 is 0. The SMILES string of the molecule is COc1ccc(C2=NNC(=O)N(c3ccccc3)C2)cc1. The number of methoxy groups -OCH3 is 1. The van der Waals surface area contributed by atoms with E-state index in [9.17, 15) is 4.79 Å². The van der Waals surface area contributed by atoms with E-state index in [1.165, 1.54) is 0 Å². The second-order valence-corrected chi connectivity index (χ2v) is 4.63. The molecule has 0 aromatic heterocycles. The molecule has 0 bridgehead atoms. The van der Waals surface area contributed by atoms with Gasteiger partial charge in [-0.2, -0.15) is 5.10 Å². The largest absolute Gasteiger partial charge is 0.497 e. The first-order chi connectivity index (χ1) is 10.3. The van der Waals surface area contributed by atoms with Gasteiger partial charge in [0.25, 0.3) is 0 Å². The third-order valence-corrected chi connectivity index (χ3v) is 3.33. The number of benzene rings is 2. The number of carbonyl (C=O) groups is 1. The Morgan fingerprint density at radius 2 is 1.81 bits per heavy atom. The van der Waals surface area contributed by atoms with Gasteiger partial charge in [0.15, 0.2) is 0 Å². The number of hydrogen-bond donors (Lipinski definition) is 1. The van der Waals surface area contributed by atoms with Crippen molar-refractivity contribution in [2.24, 2.45) is 5.10 Å². The lowest BCUT2D eigenvalue weighted by Crippen LogP contribution is -2.46. The van der Waals surface area contributed by atoms with Crippen LogP contribution in [-0.4, -0.2) is 25.4 Å². The van der Waals surface area contributed by atoms with E-state index in [2.05, 4.69) is 10.5 Å². The Bertz CT molecular complexity index is 666. The zero-order valence-electron chi connectivity index (χ0n) is 11.6. The van der Waals surface area contributed by atoms with Gasteiger partial charge in [0.05, 0.1) is 19.4 Å². The first kappa shape index (κ1) is 13.2. The van der Waals surface area contributed by atoms with E-state index < -0.39 is 0 Å². The van der Waals surface area contributed by atoms with E-state index in [0.717, 1.165) is 22.7 Å². The lowest BCUT2D eigenvalue weighted by atomic mass is 10.1. The van der Waals surface area contributed by atoms with E-state index in [4.69, 9.17) is 4.74 Å². The second-order valence-electron chi connectivity index (χ2n) is 4.63. The predicted molar refractivity (Wildman–Crippen MR) is 81.9 cm³/mol. The van der Waals surface area contributed by atoms with Crippen molar-refractivity contribution in [3.63, 3.8) is 0 Å². The number of urea groups is 1. The lowest BCUT2D eigenvalue weighted by molar-refractivity contribution is 0.246. The number of ether oxygens (including phenoxy) is 1. The first-order valence-electron chi connectivity index (χ1n) is 6.61. The number of nitrogens with one attached hydrogen (secondary N) is 1. The highest BCUT2D eigenvalue weighted by molar-refractivity contribution is 6.10. The van der Waals surface area contributed by atoms with Crippen LogP contribution in [0.15, 0.2) is 59.7 Å². The number of rotatable bonds is 3. The van der Waals surface area contributed by atoms with Crippen LogP contribution in [0.2, 0.25) is 0 Å². The molecule has 106 valence electrons. The third kappa shape index (κ3) is 2.72. The van der Waals surface area contributed by atoms with Gasteiger partial charge in [-0.15, -0.1) is 0 Å². The normalized spacial score (nSPS) is 14.4. The van der Waals surface area contributed by atoms with Gasteiger partial charge in [0.1, 0.15) is 5.75 Å². The fourth-order valence-corrected chi connectivity index (χ4v) is 2.19. The summed E-state index contributed by atoms with van der Waals surface area (Å²) in [4.78, 5) is 13.6. The van der Waals surface area contributed by atoms with E-state index >= 15 is 0 Å². The lowest BCUT2D eigenvalue weighted by Gasteiger charge is -2.26. The third-order valence-electron chi connectivity index (χ3n) is 3.33. The zero-order chi connectivity index (χ0) is 14.7. The van der Waals surface area contributed by atoms with Gasteiger partial charge in [-0.3, -0.25) is 4.90 Å². The number of hydrazone groups is 1. The number of anilines is 1. The van der Waals surface area contributed by atoms with Crippen molar-refractivity contribution in [2.75, 3.05) is 18.6 Å². The van der Waals surface area contributed by atoms with Gasteiger partial charge in [-0.25, -0.2) is 10.2 Å². The molecule has 0 unspecified atom stereocenters. The van der Waals surface area contributed by atoms with E-state index in [1.807, 2.05) is 54.6 Å². The fraction of sp³-hybridized carbons (Fsp3) is 0.125. The molecule has 0 saturated heterocycles. The summed E-state index contributed by atoms with van der Waals surface area (Å²) in [7, 11) is 1.63. The summed E-state index contributed by atoms with van der Waals surface area (Å²) in [6.45, 7) is 0.433. The quantitative estimate of drug-likeness (QED) is 0.940. The van der Waals surface area contributed by atoms with Crippen LogP contribution in [0, 0.1) is 0 Å². The van der Waals surface area contributed by atoms with Crippen LogP contribution >= 0.6 is 0 Å². The summed E-state index contributed by atoms with van der Waals surface area (Å²) in [6.07, 6.45) is 0. The molecule has 21 heavy (non-hydrogen) atoms. The van der Waals surface area contributed by atoms with Crippen molar-refractivity contribution >= 4 is 17.4 Å². The molecule has 0 saturated carbocycles. The Hall–Kier alpha value is -2.82. The smallest absolute Gasteiger partial charge is 0.342 e. The van der Waals surface area contributed by atoms with E-state index in [1.54, 1.807) is 12.0 Å². The minimum atomic E-state index is -0.224. The van der Waals surface area contributed by atoms with Crippen LogP contribution in [0.3, 0.4) is 0 Å². The van der Waals surface area contributed by atoms with Gasteiger partial charge in [0.2, 0.25) is 0 Å². The Labute approximate surface area is 122 Å². The summed E-state index contributed by atoms with van der Waals surface area (Å²) < 4.78 is 5.14. The Kier molecular flexibility index (Phi) is 3.55. The molecule has 5 heteroatoms. The number of para-hydroxylation sites is 1. The van der Waals surface area contributed by atoms with Crippen molar-refractivity contribution < 1.29 is 9.53 Å². The molecule has 2 aromatic carbocycles. The van der Waals surface area contributed by atoms with Crippen molar-refractivity contribution in [3.8, 4) is 5.75 Å². The highest BCUT2D eigenvalue weighted by Crippen LogP contribution is 2.18. The molecule has 1 aliphatic rings. The average molecular weight is 281 g/mol. The summed E-state index contributed by atoms with van der Waals surface area (Å²) in [5, 5.41) is 4.15.